The zero-order valence-corrected chi connectivity index (χ0v) is 24.4. The molecule has 1 amide bonds. The van der Waals surface area contributed by atoms with Gasteiger partial charge in [0.15, 0.2) is 0 Å². The predicted molar refractivity (Wildman–Crippen MR) is 161 cm³/mol. The molecule has 2 aromatic rings. The van der Waals surface area contributed by atoms with Crippen molar-refractivity contribution in [1.82, 2.24) is 5.32 Å². The van der Waals surface area contributed by atoms with E-state index >= 15 is 0 Å². The predicted octanol–water partition coefficient (Wildman–Crippen LogP) is 6.76. The van der Waals surface area contributed by atoms with Crippen molar-refractivity contribution >= 4 is 35.4 Å². The van der Waals surface area contributed by atoms with Crippen LogP contribution in [-0.2, 0) is 16.1 Å². The molecule has 0 aliphatic heterocycles. The number of aryl methyl sites for hydroxylation is 1. The third-order valence-electron chi connectivity index (χ3n) is 6.62. The largest absolute Gasteiger partial charge is 0.480 e. The van der Waals surface area contributed by atoms with Crippen LogP contribution < -0.4 is 5.32 Å². The number of benzene rings is 2. The second-order valence-corrected chi connectivity index (χ2v) is 11.9. The van der Waals surface area contributed by atoms with Crippen molar-refractivity contribution in [2.75, 3.05) is 23.5 Å². The Balaban J connectivity index is 1.88. The quantitative estimate of drug-likeness (QED) is 0.269. The fourth-order valence-corrected chi connectivity index (χ4v) is 5.56. The summed E-state index contributed by atoms with van der Waals surface area (Å²) in [7, 11) is 0. The van der Waals surface area contributed by atoms with Crippen LogP contribution in [0, 0.1) is 12.8 Å². The molecule has 204 valence electrons. The first kappa shape index (κ1) is 30.1. The number of nitrogens with one attached hydrogen (secondary N) is 1. The molecule has 3 atom stereocenters. The molecule has 38 heavy (non-hydrogen) atoms. The SMILES string of the molecule is CCSCC(OCc1ccc(C(=O)NC(CCSC)C(=O)O)c(-c2ccccc2C)c1)C1=CCC(C)C=C1. The normalized spacial score (nSPS) is 16.5. The lowest BCUT2D eigenvalue weighted by molar-refractivity contribution is -0.139. The third-order valence-corrected chi connectivity index (χ3v) is 8.21. The summed E-state index contributed by atoms with van der Waals surface area (Å²) in [5.74, 6) is 1.72. The third kappa shape index (κ3) is 8.52. The van der Waals surface area contributed by atoms with E-state index in [0.29, 0.717) is 30.3 Å². The Hall–Kier alpha value is -2.48. The van der Waals surface area contributed by atoms with E-state index in [1.54, 1.807) is 17.8 Å². The number of carboxylic acid groups (broad SMARTS) is 1. The summed E-state index contributed by atoms with van der Waals surface area (Å²) in [5.41, 5.74) is 5.42. The lowest BCUT2D eigenvalue weighted by atomic mass is 9.93. The Bertz CT molecular complexity index is 1160. The van der Waals surface area contributed by atoms with Crippen LogP contribution in [0.25, 0.3) is 11.1 Å². The van der Waals surface area contributed by atoms with E-state index < -0.39 is 12.0 Å². The van der Waals surface area contributed by atoms with Gasteiger partial charge in [0.2, 0.25) is 0 Å². The van der Waals surface area contributed by atoms with Crippen molar-refractivity contribution in [2.24, 2.45) is 5.92 Å². The van der Waals surface area contributed by atoms with Crippen LogP contribution in [0.3, 0.4) is 0 Å². The molecule has 7 heteroatoms. The first-order valence-electron chi connectivity index (χ1n) is 13.1. The van der Waals surface area contributed by atoms with E-state index in [1.165, 1.54) is 5.57 Å². The Morgan fingerprint density at radius 1 is 1.18 bits per heavy atom. The summed E-state index contributed by atoms with van der Waals surface area (Å²) in [4.78, 5) is 25.1. The minimum atomic E-state index is -1.02. The fourth-order valence-electron chi connectivity index (χ4n) is 4.35. The Morgan fingerprint density at radius 2 is 1.97 bits per heavy atom. The van der Waals surface area contributed by atoms with Crippen molar-refractivity contribution in [3.8, 4) is 11.1 Å². The van der Waals surface area contributed by atoms with E-state index in [1.807, 2.05) is 61.3 Å². The number of carbonyl (C=O) groups excluding carboxylic acids is 1. The molecular weight excluding hydrogens is 514 g/mol. The van der Waals surface area contributed by atoms with Crippen molar-refractivity contribution in [2.45, 2.75) is 52.4 Å². The van der Waals surface area contributed by atoms with Gasteiger partial charge in [-0.25, -0.2) is 4.79 Å². The Kier molecular flexibility index (Phi) is 12.0. The van der Waals surface area contributed by atoms with Crippen LogP contribution in [0.5, 0.6) is 0 Å². The van der Waals surface area contributed by atoms with Crippen LogP contribution in [0.1, 0.15) is 48.2 Å². The lowest BCUT2D eigenvalue weighted by Crippen LogP contribution is -2.41. The van der Waals surface area contributed by atoms with E-state index in [-0.39, 0.29) is 12.0 Å². The highest BCUT2D eigenvalue weighted by Crippen LogP contribution is 2.30. The Labute approximate surface area is 235 Å². The molecule has 0 radical (unpaired) electrons. The zero-order chi connectivity index (χ0) is 27.5. The first-order chi connectivity index (χ1) is 18.3. The highest BCUT2D eigenvalue weighted by molar-refractivity contribution is 7.99. The molecule has 3 unspecified atom stereocenters. The van der Waals surface area contributed by atoms with Gasteiger partial charge in [-0.2, -0.15) is 23.5 Å². The van der Waals surface area contributed by atoms with Gasteiger partial charge >= 0.3 is 5.97 Å². The standard InChI is InChI=1S/C31H39NO4S2/c1-5-38-20-29(24-13-10-21(2)11-14-24)36-19-23-12-15-26(27(18-23)25-9-7-6-8-22(25)3)30(33)32-28(31(34)35)16-17-37-4/h6-10,12-15,18,21,28-29H,5,11,16-17,19-20H2,1-4H3,(H,32,33)(H,34,35). The molecule has 0 aromatic heterocycles. The van der Waals surface area contributed by atoms with Crippen LogP contribution in [0.2, 0.25) is 0 Å². The van der Waals surface area contributed by atoms with Crippen LogP contribution in [0.4, 0.5) is 0 Å². The van der Waals surface area contributed by atoms with Crippen LogP contribution in [-0.4, -0.2) is 52.6 Å². The number of hydrogen-bond acceptors (Lipinski definition) is 5. The smallest absolute Gasteiger partial charge is 0.326 e. The molecule has 0 bridgehead atoms. The van der Waals surface area contributed by atoms with Gasteiger partial charge in [0.25, 0.3) is 5.91 Å². The number of thioether (sulfide) groups is 2. The van der Waals surface area contributed by atoms with Gasteiger partial charge < -0.3 is 15.2 Å². The molecule has 3 rings (SSSR count). The van der Waals surface area contributed by atoms with E-state index in [2.05, 4.69) is 37.4 Å². The number of amides is 1. The summed E-state index contributed by atoms with van der Waals surface area (Å²) in [6.07, 6.45) is 10.0. The molecule has 0 saturated heterocycles. The number of aliphatic carboxylic acids is 1. The molecule has 0 spiro atoms. The minimum absolute atomic E-state index is 0.00125. The summed E-state index contributed by atoms with van der Waals surface area (Å²) in [5, 5.41) is 12.4. The summed E-state index contributed by atoms with van der Waals surface area (Å²) in [6, 6.07) is 12.7. The molecule has 1 aliphatic carbocycles. The molecular formula is C31H39NO4S2. The maximum Gasteiger partial charge on any atom is 0.326 e. The van der Waals surface area contributed by atoms with Crippen LogP contribution >= 0.6 is 23.5 Å². The monoisotopic (exact) mass is 553 g/mol. The van der Waals surface area contributed by atoms with Gasteiger partial charge in [0.05, 0.1) is 12.7 Å². The molecule has 2 aromatic carbocycles. The molecule has 1 aliphatic rings. The van der Waals surface area contributed by atoms with Crippen molar-refractivity contribution in [1.29, 1.82) is 0 Å². The molecule has 2 N–H and O–H groups in total. The second kappa shape index (κ2) is 15.2. The van der Waals surface area contributed by atoms with Gasteiger partial charge in [-0.1, -0.05) is 62.4 Å². The number of ether oxygens (including phenoxy) is 1. The van der Waals surface area contributed by atoms with Crippen LogP contribution in [0.15, 0.2) is 66.3 Å². The highest BCUT2D eigenvalue weighted by atomic mass is 32.2. The van der Waals surface area contributed by atoms with Gasteiger partial charge in [-0.15, -0.1) is 0 Å². The topological polar surface area (TPSA) is 75.6 Å². The van der Waals surface area contributed by atoms with Crippen molar-refractivity contribution < 1.29 is 19.4 Å². The molecule has 5 nitrogen and oxygen atoms in total. The lowest BCUT2D eigenvalue weighted by Gasteiger charge is -2.22. The number of rotatable bonds is 14. The number of carboxylic acids is 1. The van der Waals surface area contributed by atoms with Gasteiger partial charge in [-0.3, -0.25) is 4.79 Å². The fraction of sp³-hybridized carbons (Fsp3) is 0.419. The van der Waals surface area contributed by atoms with E-state index in [0.717, 1.165) is 40.2 Å². The minimum Gasteiger partial charge on any atom is -0.480 e. The first-order valence-corrected chi connectivity index (χ1v) is 15.7. The molecule has 0 fully saturated rings. The zero-order valence-electron chi connectivity index (χ0n) is 22.7. The molecule has 0 heterocycles. The summed E-state index contributed by atoms with van der Waals surface area (Å²) < 4.78 is 6.45. The maximum absolute atomic E-state index is 13.3. The summed E-state index contributed by atoms with van der Waals surface area (Å²) in [6.45, 7) is 6.80. The number of allylic oxidation sites excluding steroid dienone is 2. The summed E-state index contributed by atoms with van der Waals surface area (Å²) >= 11 is 3.42. The highest BCUT2D eigenvalue weighted by Gasteiger charge is 2.23. The van der Waals surface area contributed by atoms with E-state index in [4.69, 9.17) is 4.74 Å². The second-order valence-electron chi connectivity index (χ2n) is 9.58. The van der Waals surface area contributed by atoms with Gasteiger partial charge in [-0.05, 0) is 83.4 Å². The van der Waals surface area contributed by atoms with E-state index in [9.17, 15) is 14.7 Å². The Morgan fingerprint density at radius 3 is 2.63 bits per heavy atom. The number of hydrogen-bond donors (Lipinski definition) is 2. The van der Waals surface area contributed by atoms with Gasteiger partial charge in [0.1, 0.15) is 6.04 Å². The van der Waals surface area contributed by atoms with Crippen molar-refractivity contribution in [3.63, 3.8) is 0 Å². The maximum atomic E-state index is 13.3. The average Bonchev–Trinajstić information content (AvgIpc) is 2.91. The number of carbonyl (C=O) groups is 2. The van der Waals surface area contributed by atoms with Gasteiger partial charge in [0, 0.05) is 11.3 Å². The molecule has 0 saturated carbocycles. The average molecular weight is 554 g/mol. The van der Waals surface area contributed by atoms with Crippen molar-refractivity contribution in [3.05, 3.63) is 83.0 Å².